The van der Waals surface area contributed by atoms with E-state index in [2.05, 4.69) is 5.32 Å². The van der Waals surface area contributed by atoms with Gasteiger partial charge in [-0.05, 0) is 43.4 Å². The number of carbonyl (C=O) groups excluding carboxylic acids is 2. The molecule has 2 N–H and O–H groups in total. The molecule has 1 saturated carbocycles. The van der Waals surface area contributed by atoms with E-state index in [9.17, 15) is 14.7 Å². The number of likely N-dealkylation sites (tertiary alicyclic amines) is 1. The fourth-order valence-corrected chi connectivity index (χ4v) is 2.70. The van der Waals surface area contributed by atoms with E-state index < -0.39 is 0 Å². The van der Waals surface area contributed by atoms with Crippen molar-refractivity contribution in [2.24, 2.45) is 5.92 Å². The maximum atomic E-state index is 12.2. The summed E-state index contributed by atoms with van der Waals surface area (Å²) in [7, 11) is 0. The molecule has 5 nitrogen and oxygen atoms in total. The lowest BCUT2D eigenvalue weighted by atomic mass is 10.1. The summed E-state index contributed by atoms with van der Waals surface area (Å²) in [6.07, 6.45) is 3.41. The number of hydrogen-bond acceptors (Lipinski definition) is 3. The second kappa shape index (κ2) is 6.48. The topological polar surface area (TPSA) is 69.6 Å². The molecule has 2 fully saturated rings. The Morgan fingerprint density at radius 2 is 1.73 bits per heavy atom. The van der Waals surface area contributed by atoms with Crippen molar-refractivity contribution in [2.45, 2.75) is 38.2 Å². The first kappa shape index (κ1) is 15.0. The number of amides is 2. The highest BCUT2D eigenvalue weighted by atomic mass is 16.3. The molecule has 1 aliphatic heterocycles. The van der Waals surface area contributed by atoms with Crippen LogP contribution in [0.15, 0.2) is 24.3 Å². The zero-order valence-electron chi connectivity index (χ0n) is 12.6. The molecule has 2 aliphatic rings. The molecule has 0 aromatic heterocycles. The Labute approximate surface area is 130 Å². The molecule has 1 aliphatic carbocycles. The van der Waals surface area contributed by atoms with Gasteiger partial charge in [0.15, 0.2) is 0 Å². The summed E-state index contributed by atoms with van der Waals surface area (Å²) in [6, 6.07) is 7.48. The molecule has 1 aromatic rings. The predicted octanol–water partition coefficient (Wildman–Crippen LogP) is 1.56. The summed E-state index contributed by atoms with van der Waals surface area (Å²) in [4.78, 5) is 25.7. The molecule has 1 heterocycles. The van der Waals surface area contributed by atoms with E-state index in [1.807, 2.05) is 29.2 Å². The molecule has 0 unspecified atom stereocenters. The van der Waals surface area contributed by atoms with Gasteiger partial charge in [0, 0.05) is 24.7 Å². The number of benzene rings is 1. The predicted molar refractivity (Wildman–Crippen MR) is 83.3 cm³/mol. The number of rotatable bonds is 4. The molecular formula is C17H22N2O3. The summed E-state index contributed by atoms with van der Waals surface area (Å²) < 4.78 is 0. The molecule has 3 rings (SSSR count). The van der Waals surface area contributed by atoms with E-state index in [1.165, 1.54) is 0 Å². The summed E-state index contributed by atoms with van der Waals surface area (Å²) in [5.74, 6) is 0.382. The van der Waals surface area contributed by atoms with Crippen molar-refractivity contribution < 1.29 is 14.7 Å². The van der Waals surface area contributed by atoms with Crippen molar-refractivity contribution in [2.75, 3.05) is 18.4 Å². The van der Waals surface area contributed by atoms with Crippen molar-refractivity contribution in [1.82, 2.24) is 4.90 Å². The van der Waals surface area contributed by atoms with Gasteiger partial charge in [0.1, 0.15) is 0 Å². The quantitative estimate of drug-likeness (QED) is 0.887. The van der Waals surface area contributed by atoms with Crippen molar-refractivity contribution in [1.29, 1.82) is 0 Å². The summed E-state index contributed by atoms with van der Waals surface area (Å²) in [5, 5.41) is 12.4. The number of aliphatic hydroxyl groups is 1. The zero-order chi connectivity index (χ0) is 15.5. The van der Waals surface area contributed by atoms with Crippen LogP contribution in [-0.2, 0) is 16.0 Å². The highest BCUT2D eigenvalue weighted by Gasteiger charge is 2.29. The summed E-state index contributed by atoms with van der Waals surface area (Å²) in [5.41, 5.74) is 1.73. The highest BCUT2D eigenvalue weighted by molar-refractivity contribution is 5.94. The lowest BCUT2D eigenvalue weighted by Gasteiger charge is -2.29. The van der Waals surface area contributed by atoms with Crippen LogP contribution in [0.25, 0.3) is 0 Å². The maximum Gasteiger partial charge on any atom is 0.227 e. The van der Waals surface area contributed by atoms with E-state index in [-0.39, 0.29) is 23.8 Å². The van der Waals surface area contributed by atoms with Crippen molar-refractivity contribution in [3.05, 3.63) is 29.8 Å². The normalized spacial score (nSPS) is 19.0. The molecule has 118 valence electrons. The van der Waals surface area contributed by atoms with Gasteiger partial charge >= 0.3 is 0 Å². The van der Waals surface area contributed by atoms with E-state index in [4.69, 9.17) is 0 Å². The third-order valence-electron chi connectivity index (χ3n) is 4.34. The van der Waals surface area contributed by atoms with Gasteiger partial charge in [0.2, 0.25) is 11.8 Å². The Morgan fingerprint density at radius 1 is 1.09 bits per heavy atom. The van der Waals surface area contributed by atoms with Crippen LogP contribution in [0, 0.1) is 5.92 Å². The molecule has 1 aromatic carbocycles. The minimum Gasteiger partial charge on any atom is -0.393 e. The van der Waals surface area contributed by atoms with Gasteiger partial charge in [0.05, 0.1) is 12.5 Å². The van der Waals surface area contributed by atoms with Crippen molar-refractivity contribution in [3.8, 4) is 0 Å². The Balaban J connectivity index is 1.51. The first-order chi connectivity index (χ1) is 10.6. The van der Waals surface area contributed by atoms with Crippen LogP contribution in [0.3, 0.4) is 0 Å². The fourth-order valence-electron chi connectivity index (χ4n) is 2.70. The van der Waals surface area contributed by atoms with Crippen molar-refractivity contribution >= 4 is 17.5 Å². The molecule has 22 heavy (non-hydrogen) atoms. The first-order valence-electron chi connectivity index (χ1n) is 7.97. The van der Waals surface area contributed by atoms with Gasteiger partial charge < -0.3 is 15.3 Å². The average Bonchev–Trinajstić information content (AvgIpc) is 3.34. The first-order valence-corrected chi connectivity index (χ1v) is 7.97. The maximum absolute atomic E-state index is 12.2. The van der Waals surface area contributed by atoms with Crippen LogP contribution < -0.4 is 5.32 Å². The number of nitrogens with one attached hydrogen (secondary N) is 1. The minimum atomic E-state index is -0.265. The Kier molecular flexibility index (Phi) is 4.43. The Bertz CT molecular complexity index is 544. The minimum absolute atomic E-state index is 0.0932. The standard InChI is InChI=1S/C17H22N2O3/c20-15-7-9-19(10-8-15)16(21)11-12-1-5-14(6-2-12)18-17(22)13-3-4-13/h1-2,5-6,13,15,20H,3-4,7-11H2,(H,18,22). The van der Waals surface area contributed by atoms with Crippen LogP contribution in [0.2, 0.25) is 0 Å². The lowest BCUT2D eigenvalue weighted by Crippen LogP contribution is -2.40. The molecule has 0 radical (unpaired) electrons. The molecule has 1 saturated heterocycles. The van der Waals surface area contributed by atoms with Crippen LogP contribution in [0.5, 0.6) is 0 Å². The van der Waals surface area contributed by atoms with Crippen LogP contribution in [0.1, 0.15) is 31.2 Å². The van der Waals surface area contributed by atoms with Crippen LogP contribution in [0.4, 0.5) is 5.69 Å². The van der Waals surface area contributed by atoms with Gasteiger partial charge in [-0.25, -0.2) is 0 Å². The van der Waals surface area contributed by atoms with E-state index in [1.54, 1.807) is 0 Å². The highest BCUT2D eigenvalue weighted by Crippen LogP contribution is 2.30. The van der Waals surface area contributed by atoms with Gasteiger partial charge in [-0.1, -0.05) is 12.1 Å². The van der Waals surface area contributed by atoms with E-state index >= 15 is 0 Å². The number of carbonyl (C=O) groups is 2. The SMILES string of the molecule is O=C(Nc1ccc(CC(=O)N2CCC(O)CC2)cc1)C1CC1. The molecule has 5 heteroatoms. The Hall–Kier alpha value is -1.88. The second-order valence-corrected chi connectivity index (χ2v) is 6.25. The molecule has 2 amide bonds. The number of hydrogen-bond donors (Lipinski definition) is 2. The van der Waals surface area contributed by atoms with Gasteiger partial charge in [0.25, 0.3) is 0 Å². The number of aliphatic hydroxyl groups excluding tert-OH is 1. The number of piperidine rings is 1. The fraction of sp³-hybridized carbons (Fsp3) is 0.529. The van der Waals surface area contributed by atoms with Crippen LogP contribution in [-0.4, -0.2) is 41.0 Å². The van der Waals surface area contributed by atoms with Gasteiger partial charge in [-0.2, -0.15) is 0 Å². The van der Waals surface area contributed by atoms with E-state index in [0.29, 0.717) is 32.4 Å². The van der Waals surface area contributed by atoms with E-state index in [0.717, 1.165) is 24.1 Å². The number of nitrogens with zero attached hydrogens (tertiary/aromatic N) is 1. The summed E-state index contributed by atoms with van der Waals surface area (Å²) >= 11 is 0. The lowest BCUT2D eigenvalue weighted by molar-refractivity contribution is -0.132. The smallest absolute Gasteiger partial charge is 0.227 e. The monoisotopic (exact) mass is 302 g/mol. The third-order valence-corrected chi connectivity index (χ3v) is 4.34. The number of anilines is 1. The van der Waals surface area contributed by atoms with Gasteiger partial charge in [-0.3, -0.25) is 9.59 Å². The third kappa shape index (κ3) is 3.85. The van der Waals surface area contributed by atoms with Crippen LogP contribution >= 0.6 is 0 Å². The molecule has 0 bridgehead atoms. The van der Waals surface area contributed by atoms with Gasteiger partial charge in [-0.15, -0.1) is 0 Å². The van der Waals surface area contributed by atoms with Crippen molar-refractivity contribution in [3.63, 3.8) is 0 Å². The zero-order valence-corrected chi connectivity index (χ0v) is 12.6. The molecule has 0 spiro atoms. The molecule has 0 atom stereocenters. The molecular weight excluding hydrogens is 280 g/mol. The largest absolute Gasteiger partial charge is 0.393 e. The average molecular weight is 302 g/mol. The summed E-state index contributed by atoms with van der Waals surface area (Å²) in [6.45, 7) is 1.27. The second-order valence-electron chi connectivity index (χ2n) is 6.25. The Morgan fingerprint density at radius 3 is 2.32 bits per heavy atom.